The molecule has 0 aromatic carbocycles. The molecule has 0 spiro atoms. The number of amides is 1. The van der Waals surface area contributed by atoms with E-state index >= 15 is 0 Å². The highest BCUT2D eigenvalue weighted by atomic mass is 35.5. The molecule has 15 heavy (non-hydrogen) atoms. The van der Waals surface area contributed by atoms with Gasteiger partial charge in [0.25, 0.3) is 0 Å². The smallest absolute Gasteiger partial charge is 0.223 e. The number of nitrogens with one attached hydrogen (secondary N) is 1. The summed E-state index contributed by atoms with van der Waals surface area (Å²) in [5.41, 5.74) is 0. The van der Waals surface area contributed by atoms with Gasteiger partial charge in [0.15, 0.2) is 0 Å². The molecule has 0 radical (unpaired) electrons. The first-order valence-electron chi connectivity index (χ1n) is 6.05. The van der Waals surface area contributed by atoms with Crippen molar-refractivity contribution in [3.05, 3.63) is 0 Å². The van der Waals surface area contributed by atoms with Crippen LogP contribution in [0, 0.1) is 5.92 Å². The zero-order valence-corrected chi connectivity index (χ0v) is 10.9. The van der Waals surface area contributed by atoms with Crippen molar-refractivity contribution in [2.24, 2.45) is 5.92 Å². The van der Waals surface area contributed by atoms with Gasteiger partial charge in [-0.05, 0) is 19.3 Å². The van der Waals surface area contributed by atoms with E-state index in [1.165, 1.54) is 0 Å². The van der Waals surface area contributed by atoms with E-state index < -0.39 is 0 Å². The van der Waals surface area contributed by atoms with E-state index in [0.717, 1.165) is 32.1 Å². The van der Waals surface area contributed by atoms with Gasteiger partial charge in [-0.15, -0.1) is 11.6 Å². The Kier molecular flexibility index (Phi) is 8.88. The fraction of sp³-hybridized carbons (Fsp3) is 0.917. The van der Waals surface area contributed by atoms with Gasteiger partial charge in [-0.25, -0.2) is 0 Å². The highest BCUT2D eigenvalue weighted by molar-refractivity contribution is 6.18. The minimum atomic E-state index is 0.135. The fourth-order valence-corrected chi connectivity index (χ4v) is 1.97. The monoisotopic (exact) mass is 233 g/mol. The molecule has 1 unspecified atom stereocenters. The van der Waals surface area contributed by atoms with Gasteiger partial charge in [0.1, 0.15) is 0 Å². The molecule has 1 amide bonds. The maximum atomic E-state index is 11.9. The van der Waals surface area contributed by atoms with Gasteiger partial charge in [0.2, 0.25) is 5.91 Å². The molecule has 0 bridgehead atoms. The topological polar surface area (TPSA) is 29.1 Å². The van der Waals surface area contributed by atoms with Crippen LogP contribution in [-0.2, 0) is 4.79 Å². The Morgan fingerprint density at radius 1 is 1.20 bits per heavy atom. The summed E-state index contributed by atoms with van der Waals surface area (Å²) in [4.78, 5) is 11.9. The average Bonchev–Trinajstić information content (AvgIpc) is 2.25. The highest BCUT2D eigenvalue weighted by Crippen LogP contribution is 2.14. The van der Waals surface area contributed by atoms with Crippen LogP contribution >= 0.6 is 11.6 Å². The van der Waals surface area contributed by atoms with E-state index in [9.17, 15) is 4.79 Å². The van der Waals surface area contributed by atoms with Gasteiger partial charge < -0.3 is 5.32 Å². The van der Waals surface area contributed by atoms with E-state index in [4.69, 9.17) is 11.6 Å². The van der Waals surface area contributed by atoms with Crippen LogP contribution in [0.1, 0.15) is 52.9 Å². The summed E-state index contributed by atoms with van der Waals surface area (Å²) >= 11 is 5.76. The molecular formula is C12H24ClNO. The van der Waals surface area contributed by atoms with Crippen molar-refractivity contribution in [3.63, 3.8) is 0 Å². The quantitative estimate of drug-likeness (QED) is 0.641. The second-order valence-corrected chi connectivity index (χ2v) is 4.35. The molecule has 3 heteroatoms. The molecule has 1 N–H and O–H groups in total. The Morgan fingerprint density at radius 3 is 2.07 bits per heavy atom. The first-order chi connectivity index (χ1) is 7.19. The summed E-state index contributed by atoms with van der Waals surface area (Å²) < 4.78 is 0. The van der Waals surface area contributed by atoms with Crippen LogP contribution in [0.15, 0.2) is 0 Å². The molecule has 1 atom stereocenters. The minimum Gasteiger partial charge on any atom is -0.352 e. The Labute approximate surface area is 98.8 Å². The third-order valence-corrected chi connectivity index (χ3v) is 3.04. The zero-order valence-electron chi connectivity index (χ0n) is 10.2. The van der Waals surface area contributed by atoms with Crippen molar-refractivity contribution in [2.45, 2.75) is 58.9 Å². The van der Waals surface area contributed by atoms with Gasteiger partial charge in [-0.2, -0.15) is 0 Å². The molecule has 0 aliphatic rings. The Balaban J connectivity index is 4.10. The molecule has 0 heterocycles. The van der Waals surface area contributed by atoms with Crippen molar-refractivity contribution in [1.29, 1.82) is 0 Å². The van der Waals surface area contributed by atoms with Crippen molar-refractivity contribution in [2.75, 3.05) is 5.88 Å². The number of halogens is 1. The lowest BCUT2D eigenvalue weighted by molar-refractivity contribution is -0.126. The molecular weight excluding hydrogens is 210 g/mol. The molecule has 0 aromatic heterocycles. The summed E-state index contributed by atoms with van der Waals surface area (Å²) in [6.07, 6.45) is 5.00. The average molecular weight is 234 g/mol. The lowest BCUT2D eigenvalue weighted by Gasteiger charge is -2.19. The second kappa shape index (κ2) is 9.02. The Hall–Kier alpha value is -0.240. The molecule has 0 saturated heterocycles. The lowest BCUT2D eigenvalue weighted by atomic mass is 9.97. The van der Waals surface area contributed by atoms with Crippen molar-refractivity contribution < 1.29 is 4.79 Å². The van der Waals surface area contributed by atoms with E-state index in [1.54, 1.807) is 0 Å². The molecule has 90 valence electrons. The summed E-state index contributed by atoms with van der Waals surface area (Å²) in [7, 11) is 0. The standard InChI is InChI=1S/C12H24ClNO/c1-4-7-10(8-5-2)12(15)14-11(6-3)9-13/h10-11H,4-9H2,1-3H3,(H,14,15). The Morgan fingerprint density at radius 2 is 1.73 bits per heavy atom. The third kappa shape index (κ3) is 6.03. The molecule has 2 nitrogen and oxygen atoms in total. The number of alkyl halides is 1. The number of rotatable bonds is 8. The maximum Gasteiger partial charge on any atom is 0.223 e. The molecule has 0 aliphatic heterocycles. The Bertz CT molecular complexity index is 163. The first-order valence-corrected chi connectivity index (χ1v) is 6.59. The molecule has 0 fully saturated rings. The van der Waals surface area contributed by atoms with Gasteiger partial charge in [-0.3, -0.25) is 4.79 Å². The van der Waals surface area contributed by atoms with Gasteiger partial charge in [0, 0.05) is 17.8 Å². The summed E-state index contributed by atoms with van der Waals surface area (Å²) in [5.74, 6) is 0.871. The normalized spacial score (nSPS) is 12.9. The highest BCUT2D eigenvalue weighted by Gasteiger charge is 2.18. The molecule has 0 saturated carbocycles. The van der Waals surface area contributed by atoms with E-state index in [-0.39, 0.29) is 17.9 Å². The summed E-state index contributed by atoms with van der Waals surface area (Å²) in [6.45, 7) is 6.28. The lowest BCUT2D eigenvalue weighted by Crippen LogP contribution is -2.39. The van der Waals surface area contributed by atoms with Crippen LogP contribution in [-0.4, -0.2) is 17.8 Å². The predicted octanol–water partition coefficient (Wildman–Crippen LogP) is 3.34. The van der Waals surface area contributed by atoms with Crippen LogP contribution in [0.25, 0.3) is 0 Å². The van der Waals surface area contributed by atoms with Crippen molar-refractivity contribution in [1.82, 2.24) is 5.32 Å². The number of carbonyl (C=O) groups is 1. The minimum absolute atomic E-state index is 0.135. The van der Waals surface area contributed by atoms with Crippen LogP contribution in [0.2, 0.25) is 0 Å². The van der Waals surface area contributed by atoms with Crippen LogP contribution in [0.3, 0.4) is 0 Å². The maximum absolute atomic E-state index is 11.9. The first kappa shape index (κ1) is 14.8. The van der Waals surface area contributed by atoms with Gasteiger partial charge >= 0.3 is 0 Å². The molecule has 0 rings (SSSR count). The van der Waals surface area contributed by atoms with Gasteiger partial charge in [0.05, 0.1) is 0 Å². The SMILES string of the molecule is CCCC(CCC)C(=O)NC(CC)CCl. The number of hydrogen-bond donors (Lipinski definition) is 1. The van der Waals surface area contributed by atoms with Crippen LogP contribution < -0.4 is 5.32 Å². The van der Waals surface area contributed by atoms with Crippen molar-refractivity contribution >= 4 is 17.5 Å². The van der Waals surface area contributed by atoms with Crippen LogP contribution in [0.4, 0.5) is 0 Å². The second-order valence-electron chi connectivity index (χ2n) is 4.04. The van der Waals surface area contributed by atoms with Crippen LogP contribution in [0.5, 0.6) is 0 Å². The number of hydrogen-bond acceptors (Lipinski definition) is 1. The van der Waals surface area contributed by atoms with E-state index in [0.29, 0.717) is 5.88 Å². The molecule has 0 aliphatic carbocycles. The zero-order chi connectivity index (χ0) is 11.7. The molecule has 0 aromatic rings. The van der Waals surface area contributed by atoms with E-state index in [1.807, 2.05) is 6.92 Å². The number of carbonyl (C=O) groups excluding carboxylic acids is 1. The summed E-state index contributed by atoms with van der Waals surface area (Å²) in [5, 5.41) is 3.02. The van der Waals surface area contributed by atoms with Crippen molar-refractivity contribution in [3.8, 4) is 0 Å². The van der Waals surface area contributed by atoms with Gasteiger partial charge in [-0.1, -0.05) is 33.6 Å². The van der Waals surface area contributed by atoms with E-state index in [2.05, 4.69) is 19.2 Å². The predicted molar refractivity (Wildman–Crippen MR) is 66.2 cm³/mol. The summed E-state index contributed by atoms with van der Waals surface area (Å²) in [6, 6.07) is 0.135. The fourth-order valence-electron chi connectivity index (χ4n) is 1.67. The third-order valence-electron chi connectivity index (χ3n) is 2.67. The largest absolute Gasteiger partial charge is 0.352 e.